The van der Waals surface area contributed by atoms with Gasteiger partial charge in [0.1, 0.15) is 0 Å². The minimum atomic E-state index is -0.407. The van der Waals surface area contributed by atoms with Crippen molar-refractivity contribution in [2.24, 2.45) is 0 Å². The fourth-order valence-electron chi connectivity index (χ4n) is 3.21. The molecule has 2 aliphatic heterocycles. The van der Waals surface area contributed by atoms with Gasteiger partial charge < -0.3 is 30.1 Å². The maximum Gasteiger partial charge on any atom is 0.319 e. The van der Waals surface area contributed by atoms with E-state index >= 15 is 0 Å². The lowest BCUT2D eigenvalue weighted by Gasteiger charge is -2.28. The van der Waals surface area contributed by atoms with E-state index in [9.17, 15) is 9.90 Å². The lowest BCUT2D eigenvalue weighted by Crippen LogP contribution is -2.42. The lowest BCUT2D eigenvalue weighted by atomic mass is 10.1. The second kappa shape index (κ2) is 9.03. The Kier molecular flexibility index (Phi) is 6.49. The summed E-state index contributed by atoms with van der Waals surface area (Å²) in [6, 6.07) is 7.12. The number of anilines is 2. The summed E-state index contributed by atoms with van der Waals surface area (Å²) in [5.41, 5.74) is 1.91. The van der Waals surface area contributed by atoms with Crippen LogP contribution in [0.15, 0.2) is 24.3 Å². The number of nitrogens with zero attached hydrogens (tertiary/aromatic N) is 1. The molecule has 138 valence electrons. The first-order chi connectivity index (χ1) is 12.2. The Morgan fingerprint density at radius 2 is 1.84 bits per heavy atom. The maximum atomic E-state index is 12.1. The summed E-state index contributed by atoms with van der Waals surface area (Å²) in [5, 5.41) is 15.0. The van der Waals surface area contributed by atoms with Crippen LogP contribution >= 0.6 is 0 Å². The molecule has 2 aliphatic rings. The van der Waals surface area contributed by atoms with Crippen LogP contribution in [0.3, 0.4) is 0 Å². The maximum absolute atomic E-state index is 12.1. The molecule has 1 atom stereocenters. The summed E-state index contributed by atoms with van der Waals surface area (Å²) in [6.07, 6.45) is 3.84. The average Bonchev–Trinajstić information content (AvgIpc) is 3.15. The Hall–Kier alpha value is -1.83. The summed E-state index contributed by atoms with van der Waals surface area (Å²) in [6.45, 7) is 3.13. The van der Waals surface area contributed by atoms with Gasteiger partial charge in [-0.15, -0.1) is 0 Å². The van der Waals surface area contributed by atoms with Gasteiger partial charge in [0.2, 0.25) is 0 Å². The van der Waals surface area contributed by atoms with E-state index in [1.165, 1.54) is 24.9 Å². The molecule has 1 unspecified atom stereocenters. The summed E-state index contributed by atoms with van der Waals surface area (Å²) in [7, 11) is 0. The number of aliphatic hydroxyl groups is 1. The number of hydrogen-bond acceptors (Lipinski definition) is 5. The number of carbonyl (C=O) groups excluding carboxylic acids is 1. The summed E-state index contributed by atoms with van der Waals surface area (Å²) < 4.78 is 10.7. The lowest BCUT2D eigenvalue weighted by molar-refractivity contribution is -0.0548. The molecule has 1 aromatic rings. The molecule has 1 aromatic carbocycles. The van der Waals surface area contributed by atoms with Gasteiger partial charge in [0.05, 0.1) is 25.9 Å². The first kappa shape index (κ1) is 18.0. The predicted molar refractivity (Wildman–Crippen MR) is 95.8 cm³/mol. The summed E-state index contributed by atoms with van der Waals surface area (Å²) >= 11 is 0. The number of piperidine rings is 1. The van der Waals surface area contributed by atoms with E-state index in [1.54, 1.807) is 0 Å². The van der Waals surface area contributed by atoms with E-state index in [0.29, 0.717) is 19.6 Å². The Balaban J connectivity index is 1.47. The molecule has 0 spiro atoms. The van der Waals surface area contributed by atoms with Crippen molar-refractivity contribution >= 4 is 17.4 Å². The number of nitrogens with one attached hydrogen (secondary N) is 2. The number of carbonyl (C=O) groups is 1. The molecular formula is C18H27N3O4. The molecule has 2 saturated heterocycles. The molecule has 0 aromatic heterocycles. The molecule has 7 heteroatoms. The van der Waals surface area contributed by atoms with Crippen molar-refractivity contribution in [3.05, 3.63) is 24.3 Å². The molecule has 2 heterocycles. The zero-order valence-corrected chi connectivity index (χ0v) is 14.4. The van der Waals surface area contributed by atoms with Crippen LogP contribution < -0.4 is 15.5 Å². The third kappa shape index (κ3) is 5.32. The van der Waals surface area contributed by atoms with E-state index in [-0.39, 0.29) is 18.9 Å². The number of benzene rings is 1. The van der Waals surface area contributed by atoms with Gasteiger partial charge >= 0.3 is 6.03 Å². The molecule has 0 aliphatic carbocycles. The third-order valence-electron chi connectivity index (χ3n) is 4.57. The van der Waals surface area contributed by atoms with E-state index < -0.39 is 6.04 Å². The van der Waals surface area contributed by atoms with Crippen LogP contribution in [-0.2, 0) is 9.47 Å². The van der Waals surface area contributed by atoms with Crippen LogP contribution in [0.4, 0.5) is 16.2 Å². The Morgan fingerprint density at radius 1 is 1.16 bits per heavy atom. The normalized spacial score (nSPS) is 19.6. The zero-order chi connectivity index (χ0) is 17.5. The van der Waals surface area contributed by atoms with Crippen molar-refractivity contribution < 1.29 is 19.4 Å². The number of ether oxygens (including phenoxy) is 2. The van der Waals surface area contributed by atoms with Crippen molar-refractivity contribution in [3.63, 3.8) is 0 Å². The molecule has 0 saturated carbocycles. The highest BCUT2D eigenvalue weighted by molar-refractivity contribution is 5.89. The fraction of sp³-hybridized carbons (Fsp3) is 0.611. The van der Waals surface area contributed by atoms with Crippen LogP contribution in [0, 0.1) is 0 Å². The van der Waals surface area contributed by atoms with Crippen LogP contribution in [0.5, 0.6) is 0 Å². The van der Waals surface area contributed by atoms with Gasteiger partial charge in [0.25, 0.3) is 0 Å². The first-order valence-corrected chi connectivity index (χ1v) is 9.01. The van der Waals surface area contributed by atoms with Crippen LogP contribution in [-0.4, -0.2) is 56.4 Å². The molecule has 2 amide bonds. The number of amides is 2. The minimum absolute atomic E-state index is 0.162. The molecule has 0 bridgehead atoms. The summed E-state index contributed by atoms with van der Waals surface area (Å²) in [5.74, 6) is 0. The third-order valence-corrected chi connectivity index (χ3v) is 4.57. The molecular weight excluding hydrogens is 322 g/mol. The van der Waals surface area contributed by atoms with Crippen molar-refractivity contribution in [2.45, 2.75) is 38.0 Å². The zero-order valence-electron chi connectivity index (χ0n) is 14.4. The predicted octanol–water partition coefficient (Wildman–Crippen LogP) is 1.92. The smallest absolute Gasteiger partial charge is 0.319 e. The van der Waals surface area contributed by atoms with Crippen LogP contribution in [0.1, 0.15) is 25.7 Å². The highest BCUT2D eigenvalue weighted by atomic mass is 16.7. The van der Waals surface area contributed by atoms with E-state index in [2.05, 4.69) is 15.5 Å². The molecule has 0 radical (unpaired) electrons. The highest BCUT2D eigenvalue weighted by Gasteiger charge is 2.22. The van der Waals surface area contributed by atoms with Crippen molar-refractivity contribution in [2.75, 3.05) is 43.1 Å². The number of urea groups is 1. The average molecular weight is 349 g/mol. The quantitative estimate of drug-likeness (QED) is 0.731. The van der Waals surface area contributed by atoms with Crippen molar-refractivity contribution in [1.82, 2.24) is 5.32 Å². The highest BCUT2D eigenvalue weighted by Crippen LogP contribution is 2.21. The van der Waals surface area contributed by atoms with Gasteiger partial charge in [-0.2, -0.15) is 0 Å². The molecule has 2 fully saturated rings. The Morgan fingerprint density at radius 3 is 2.48 bits per heavy atom. The van der Waals surface area contributed by atoms with E-state index in [0.717, 1.165) is 18.8 Å². The first-order valence-electron chi connectivity index (χ1n) is 9.01. The van der Waals surface area contributed by atoms with Gasteiger partial charge in [-0.1, -0.05) is 0 Å². The van der Waals surface area contributed by atoms with Crippen LogP contribution in [0.2, 0.25) is 0 Å². The second-order valence-electron chi connectivity index (χ2n) is 6.48. The molecule has 3 rings (SSSR count). The number of hydrogen-bond donors (Lipinski definition) is 3. The fourth-order valence-corrected chi connectivity index (χ4v) is 3.21. The summed E-state index contributed by atoms with van der Waals surface area (Å²) in [4.78, 5) is 14.5. The van der Waals surface area contributed by atoms with E-state index in [4.69, 9.17) is 9.47 Å². The minimum Gasteiger partial charge on any atom is -0.394 e. The van der Waals surface area contributed by atoms with Gasteiger partial charge in [-0.25, -0.2) is 4.79 Å². The molecule has 7 nitrogen and oxygen atoms in total. The Labute approximate surface area is 148 Å². The van der Waals surface area contributed by atoms with Gasteiger partial charge in [-0.3, -0.25) is 0 Å². The van der Waals surface area contributed by atoms with Gasteiger partial charge in [0.15, 0.2) is 6.29 Å². The molecule has 25 heavy (non-hydrogen) atoms. The van der Waals surface area contributed by atoms with Crippen LogP contribution in [0.25, 0.3) is 0 Å². The van der Waals surface area contributed by atoms with Gasteiger partial charge in [0, 0.05) is 30.9 Å². The SMILES string of the molecule is O=C(Nc1ccc(N2CCCCC2)cc1)NC(CO)CC1OCCO1. The number of rotatable bonds is 6. The Bertz CT molecular complexity index is 540. The monoisotopic (exact) mass is 349 g/mol. The van der Waals surface area contributed by atoms with Gasteiger partial charge in [-0.05, 0) is 43.5 Å². The second-order valence-corrected chi connectivity index (χ2v) is 6.48. The molecule has 3 N–H and O–H groups in total. The largest absolute Gasteiger partial charge is 0.394 e. The standard InChI is InChI=1S/C18H27N3O4/c22-13-15(12-17-24-10-11-25-17)20-18(23)19-14-4-6-16(7-5-14)21-8-2-1-3-9-21/h4-7,15,17,22H,1-3,8-13H2,(H2,19,20,23). The van der Waals surface area contributed by atoms with Crippen molar-refractivity contribution in [1.29, 1.82) is 0 Å². The van der Waals surface area contributed by atoms with Crippen molar-refractivity contribution in [3.8, 4) is 0 Å². The van der Waals surface area contributed by atoms with E-state index in [1.807, 2.05) is 24.3 Å². The number of aliphatic hydroxyl groups excluding tert-OH is 1. The topological polar surface area (TPSA) is 83.1 Å².